The van der Waals surface area contributed by atoms with E-state index in [4.69, 9.17) is 9.47 Å². The Hall–Kier alpha value is -3.84. The molecule has 0 radical (unpaired) electrons. The minimum atomic E-state index is -0.409. The predicted octanol–water partition coefficient (Wildman–Crippen LogP) is 4.84. The summed E-state index contributed by atoms with van der Waals surface area (Å²) in [4.78, 5) is 30.2. The fourth-order valence-electron chi connectivity index (χ4n) is 4.31. The average molecular weight is 488 g/mol. The van der Waals surface area contributed by atoms with Gasteiger partial charge >= 0.3 is 5.97 Å². The number of hydrogen-bond acceptors (Lipinski definition) is 6. The van der Waals surface area contributed by atoms with Crippen LogP contribution in [-0.2, 0) is 11.3 Å². The van der Waals surface area contributed by atoms with Crippen LogP contribution in [0.2, 0.25) is 0 Å². The number of nitrogens with zero attached hydrogens (tertiary/aromatic N) is 2. The molecule has 0 saturated carbocycles. The molecule has 0 aromatic heterocycles. The molecule has 1 aliphatic heterocycles. The normalized spacial score (nSPS) is 13.8. The highest BCUT2D eigenvalue weighted by Crippen LogP contribution is 2.30. The SMILES string of the molecule is CCOC(=O)c1ccc(N2CCN(Cc3ccccc3)CC2)c(NC(=O)c2ccc(OCC)cc2)c1. The number of carbonyl (C=O) groups is 2. The van der Waals surface area contributed by atoms with Crippen LogP contribution in [0.1, 0.15) is 40.1 Å². The lowest BCUT2D eigenvalue weighted by Gasteiger charge is -2.37. The minimum Gasteiger partial charge on any atom is -0.494 e. The number of esters is 1. The van der Waals surface area contributed by atoms with E-state index in [0.29, 0.717) is 29.2 Å². The molecule has 1 N–H and O–H groups in total. The van der Waals surface area contributed by atoms with Crippen molar-refractivity contribution in [2.75, 3.05) is 49.6 Å². The molecule has 0 aliphatic carbocycles. The van der Waals surface area contributed by atoms with Gasteiger partial charge in [-0.1, -0.05) is 30.3 Å². The molecular weight excluding hydrogens is 454 g/mol. The van der Waals surface area contributed by atoms with Crippen LogP contribution in [0, 0.1) is 0 Å². The zero-order chi connectivity index (χ0) is 25.3. The van der Waals surface area contributed by atoms with E-state index < -0.39 is 5.97 Å². The lowest BCUT2D eigenvalue weighted by atomic mass is 10.1. The maximum Gasteiger partial charge on any atom is 0.338 e. The number of amides is 1. The number of carbonyl (C=O) groups excluding carboxylic acids is 2. The average Bonchev–Trinajstić information content (AvgIpc) is 2.90. The highest BCUT2D eigenvalue weighted by molar-refractivity contribution is 6.07. The molecule has 0 bridgehead atoms. The van der Waals surface area contributed by atoms with Crippen molar-refractivity contribution in [3.8, 4) is 5.75 Å². The summed E-state index contributed by atoms with van der Waals surface area (Å²) in [5, 5.41) is 3.02. The maximum absolute atomic E-state index is 13.1. The number of hydrogen-bond donors (Lipinski definition) is 1. The zero-order valence-electron chi connectivity index (χ0n) is 20.9. The summed E-state index contributed by atoms with van der Waals surface area (Å²) in [6.07, 6.45) is 0. The fourth-order valence-corrected chi connectivity index (χ4v) is 4.31. The Labute approximate surface area is 212 Å². The third kappa shape index (κ3) is 6.43. The number of piperazine rings is 1. The van der Waals surface area contributed by atoms with Gasteiger partial charge in [0.05, 0.1) is 30.2 Å². The molecule has 1 saturated heterocycles. The van der Waals surface area contributed by atoms with Gasteiger partial charge in [0.15, 0.2) is 0 Å². The second kappa shape index (κ2) is 12.2. The van der Waals surface area contributed by atoms with Crippen LogP contribution in [0.3, 0.4) is 0 Å². The van der Waals surface area contributed by atoms with E-state index in [0.717, 1.165) is 38.4 Å². The van der Waals surface area contributed by atoms with Gasteiger partial charge in [-0.3, -0.25) is 9.69 Å². The first-order chi connectivity index (χ1) is 17.6. The van der Waals surface area contributed by atoms with Crippen molar-refractivity contribution in [3.63, 3.8) is 0 Å². The van der Waals surface area contributed by atoms with Crippen molar-refractivity contribution in [1.82, 2.24) is 4.90 Å². The summed E-state index contributed by atoms with van der Waals surface area (Å²) >= 11 is 0. The molecule has 188 valence electrons. The Balaban J connectivity index is 1.51. The van der Waals surface area contributed by atoms with Gasteiger partial charge in [-0.25, -0.2) is 4.79 Å². The van der Waals surface area contributed by atoms with Gasteiger partial charge in [0, 0.05) is 38.3 Å². The van der Waals surface area contributed by atoms with E-state index in [2.05, 4.69) is 39.4 Å². The predicted molar refractivity (Wildman–Crippen MR) is 142 cm³/mol. The van der Waals surface area contributed by atoms with Crippen molar-refractivity contribution in [2.45, 2.75) is 20.4 Å². The lowest BCUT2D eigenvalue weighted by molar-refractivity contribution is 0.0526. The Morgan fingerprint density at radius 1 is 0.833 bits per heavy atom. The third-order valence-electron chi connectivity index (χ3n) is 6.15. The third-order valence-corrected chi connectivity index (χ3v) is 6.15. The number of rotatable bonds is 9. The molecular formula is C29H33N3O4. The number of anilines is 2. The van der Waals surface area contributed by atoms with Crippen LogP contribution in [0.4, 0.5) is 11.4 Å². The zero-order valence-corrected chi connectivity index (χ0v) is 20.9. The summed E-state index contributed by atoms with van der Waals surface area (Å²) in [5.41, 5.74) is 3.70. The Morgan fingerprint density at radius 2 is 1.53 bits per heavy atom. The smallest absolute Gasteiger partial charge is 0.338 e. The minimum absolute atomic E-state index is 0.247. The molecule has 7 heteroatoms. The van der Waals surface area contributed by atoms with Crippen molar-refractivity contribution >= 4 is 23.3 Å². The van der Waals surface area contributed by atoms with Crippen LogP contribution >= 0.6 is 0 Å². The first-order valence-corrected chi connectivity index (χ1v) is 12.4. The van der Waals surface area contributed by atoms with Crippen LogP contribution < -0.4 is 15.0 Å². The quantitative estimate of drug-likeness (QED) is 0.436. The van der Waals surface area contributed by atoms with Gasteiger partial charge < -0.3 is 19.7 Å². The fraction of sp³-hybridized carbons (Fsp3) is 0.310. The monoisotopic (exact) mass is 487 g/mol. The van der Waals surface area contributed by atoms with Gasteiger partial charge in [-0.05, 0) is 61.9 Å². The van der Waals surface area contributed by atoms with Crippen LogP contribution in [0.15, 0.2) is 72.8 Å². The van der Waals surface area contributed by atoms with E-state index in [1.54, 1.807) is 43.3 Å². The van der Waals surface area contributed by atoms with Gasteiger partial charge in [-0.15, -0.1) is 0 Å². The first-order valence-electron chi connectivity index (χ1n) is 12.4. The number of nitrogens with one attached hydrogen (secondary N) is 1. The standard InChI is InChI=1S/C29H33N3O4/c1-3-35-25-13-10-23(11-14-25)28(33)30-26-20-24(29(34)36-4-2)12-15-27(26)32-18-16-31(17-19-32)21-22-8-6-5-7-9-22/h5-15,20H,3-4,16-19,21H2,1-2H3,(H,30,33). The second-order valence-corrected chi connectivity index (χ2v) is 8.61. The number of benzene rings is 3. The van der Waals surface area contributed by atoms with Crippen LogP contribution in [-0.4, -0.2) is 56.2 Å². The highest BCUT2D eigenvalue weighted by Gasteiger charge is 2.22. The van der Waals surface area contributed by atoms with Gasteiger partial charge in [0.25, 0.3) is 5.91 Å². The van der Waals surface area contributed by atoms with Gasteiger partial charge in [-0.2, -0.15) is 0 Å². The van der Waals surface area contributed by atoms with Crippen molar-refractivity contribution in [2.24, 2.45) is 0 Å². The molecule has 0 spiro atoms. The topological polar surface area (TPSA) is 71.1 Å². The van der Waals surface area contributed by atoms with E-state index in [9.17, 15) is 9.59 Å². The maximum atomic E-state index is 13.1. The highest BCUT2D eigenvalue weighted by atomic mass is 16.5. The Bertz CT molecular complexity index is 1160. The lowest BCUT2D eigenvalue weighted by Crippen LogP contribution is -2.46. The summed E-state index contributed by atoms with van der Waals surface area (Å²) in [7, 11) is 0. The molecule has 4 rings (SSSR count). The summed E-state index contributed by atoms with van der Waals surface area (Å²) in [5.74, 6) is 0.0590. The van der Waals surface area contributed by atoms with Gasteiger partial charge in [0.1, 0.15) is 5.75 Å². The molecule has 0 atom stereocenters. The van der Waals surface area contributed by atoms with Gasteiger partial charge in [0.2, 0.25) is 0 Å². The van der Waals surface area contributed by atoms with E-state index in [1.807, 2.05) is 19.1 Å². The van der Waals surface area contributed by atoms with Crippen molar-refractivity contribution in [3.05, 3.63) is 89.5 Å². The molecule has 7 nitrogen and oxygen atoms in total. The Morgan fingerprint density at radius 3 is 2.19 bits per heavy atom. The van der Waals surface area contributed by atoms with Crippen LogP contribution in [0.25, 0.3) is 0 Å². The molecule has 36 heavy (non-hydrogen) atoms. The largest absolute Gasteiger partial charge is 0.494 e. The van der Waals surface area contributed by atoms with Crippen molar-refractivity contribution in [1.29, 1.82) is 0 Å². The molecule has 3 aromatic rings. The molecule has 0 unspecified atom stereocenters. The summed E-state index contributed by atoms with van der Waals surface area (Å²) in [6.45, 7) is 8.90. The van der Waals surface area contributed by atoms with E-state index in [1.165, 1.54) is 5.56 Å². The van der Waals surface area contributed by atoms with E-state index in [-0.39, 0.29) is 12.5 Å². The van der Waals surface area contributed by atoms with Crippen LogP contribution in [0.5, 0.6) is 5.75 Å². The summed E-state index contributed by atoms with van der Waals surface area (Å²) in [6, 6.07) is 22.8. The first kappa shape index (κ1) is 25.3. The van der Waals surface area contributed by atoms with Crippen molar-refractivity contribution < 1.29 is 19.1 Å². The molecule has 1 heterocycles. The molecule has 1 aliphatic rings. The molecule has 3 aromatic carbocycles. The summed E-state index contributed by atoms with van der Waals surface area (Å²) < 4.78 is 10.7. The second-order valence-electron chi connectivity index (χ2n) is 8.61. The molecule has 1 amide bonds. The number of ether oxygens (including phenoxy) is 2. The van der Waals surface area contributed by atoms with E-state index >= 15 is 0 Å². The molecule has 1 fully saturated rings. The Kier molecular flexibility index (Phi) is 8.57.